The number of rotatable bonds is 1. The number of hydrogen-bond donors (Lipinski definition) is 0. The minimum absolute atomic E-state index is 0.0614. The standard InChI is InChI=1S/C12H13NO2/c1-9(14)13-8-7-11(12(13)15)10-5-3-2-4-6-10/h2-6,11H,7-8H2,1H3. The maximum Gasteiger partial charge on any atom is 0.236 e. The van der Waals surface area contributed by atoms with Crippen molar-refractivity contribution in [3.63, 3.8) is 0 Å². The van der Waals surface area contributed by atoms with Crippen molar-refractivity contribution < 1.29 is 9.59 Å². The van der Waals surface area contributed by atoms with Crippen LogP contribution >= 0.6 is 0 Å². The number of amides is 2. The highest BCUT2D eigenvalue weighted by Crippen LogP contribution is 2.28. The Morgan fingerprint density at radius 3 is 2.53 bits per heavy atom. The van der Waals surface area contributed by atoms with E-state index in [1.807, 2.05) is 30.3 Å². The molecule has 2 amide bonds. The third kappa shape index (κ3) is 1.77. The number of nitrogens with zero attached hydrogens (tertiary/aromatic N) is 1. The van der Waals surface area contributed by atoms with Crippen molar-refractivity contribution in [1.29, 1.82) is 0 Å². The summed E-state index contributed by atoms with van der Waals surface area (Å²) in [4.78, 5) is 24.3. The average Bonchev–Trinajstić information content (AvgIpc) is 2.61. The lowest BCUT2D eigenvalue weighted by molar-refractivity contribution is -0.140. The van der Waals surface area contributed by atoms with Crippen LogP contribution in [0.2, 0.25) is 0 Å². The summed E-state index contributed by atoms with van der Waals surface area (Å²) < 4.78 is 0. The van der Waals surface area contributed by atoms with E-state index in [1.54, 1.807) is 0 Å². The zero-order valence-electron chi connectivity index (χ0n) is 8.64. The van der Waals surface area contributed by atoms with Crippen LogP contribution in [-0.2, 0) is 9.59 Å². The highest BCUT2D eigenvalue weighted by Gasteiger charge is 2.34. The van der Waals surface area contributed by atoms with Crippen LogP contribution < -0.4 is 0 Å². The monoisotopic (exact) mass is 203 g/mol. The molecular weight excluding hydrogens is 190 g/mol. The van der Waals surface area contributed by atoms with Gasteiger partial charge in [0.05, 0.1) is 5.92 Å². The van der Waals surface area contributed by atoms with Gasteiger partial charge in [-0.1, -0.05) is 30.3 Å². The van der Waals surface area contributed by atoms with E-state index in [0.717, 1.165) is 12.0 Å². The van der Waals surface area contributed by atoms with Gasteiger partial charge in [-0.15, -0.1) is 0 Å². The van der Waals surface area contributed by atoms with Gasteiger partial charge in [-0.3, -0.25) is 14.5 Å². The second kappa shape index (κ2) is 3.85. The van der Waals surface area contributed by atoms with Crippen LogP contribution in [0.5, 0.6) is 0 Å². The number of likely N-dealkylation sites (tertiary alicyclic amines) is 1. The summed E-state index contributed by atoms with van der Waals surface area (Å²) in [5.74, 6) is -0.345. The number of carbonyl (C=O) groups excluding carboxylic acids is 2. The topological polar surface area (TPSA) is 37.4 Å². The van der Waals surface area contributed by atoms with Crippen molar-refractivity contribution >= 4 is 11.8 Å². The second-order valence-electron chi connectivity index (χ2n) is 3.76. The molecule has 3 nitrogen and oxygen atoms in total. The van der Waals surface area contributed by atoms with Crippen LogP contribution in [0.15, 0.2) is 30.3 Å². The predicted octanol–water partition coefficient (Wildman–Crippen LogP) is 1.55. The molecule has 0 aliphatic carbocycles. The average molecular weight is 203 g/mol. The van der Waals surface area contributed by atoms with E-state index in [-0.39, 0.29) is 17.7 Å². The molecule has 1 atom stereocenters. The molecule has 1 aliphatic rings. The Morgan fingerprint density at radius 2 is 2.00 bits per heavy atom. The van der Waals surface area contributed by atoms with Crippen LogP contribution in [0.25, 0.3) is 0 Å². The molecule has 3 heteroatoms. The largest absolute Gasteiger partial charge is 0.282 e. The lowest BCUT2D eigenvalue weighted by atomic mass is 9.98. The fourth-order valence-electron chi connectivity index (χ4n) is 1.99. The fraction of sp³-hybridized carbons (Fsp3) is 0.333. The molecule has 1 unspecified atom stereocenters. The Bertz CT molecular complexity index is 386. The van der Waals surface area contributed by atoms with Crippen LogP contribution in [0.1, 0.15) is 24.8 Å². The van der Waals surface area contributed by atoms with Crippen molar-refractivity contribution in [3.05, 3.63) is 35.9 Å². The summed E-state index contributed by atoms with van der Waals surface area (Å²) in [6.07, 6.45) is 0.739. The van der Waals surface area contributed by atoms with Gasteiger partial charge in [0.15, 0.2) is 0 Å². The number of carbonyl (C=O) groups is 2. The van der Waals surface area contributed by atoms with Gasteiger partial charge in [0.25, 0.3) is 0 Å². The van der Waals surface area contributed by atoms with E-state index in [0.29, 0.717) is 6.54 Å². The highest BCUT2D eigenvalue weighted by atomic mass is 16.2. The third-order valence-electron chi connectivity index (χ3n) is 2.79. The molecule has 1 saturated heterocycles. The van der Waals surface area contributed by atoms with Crippen molar-refractivity contribution in [2.45, 2.75) is 19.3 Å². The summed E-state index contributed by atoms with van der Waals surface area (Å²) in [5, 5.41) is 0. The van der Waals surface area contributed by atoms with Gasteiger partial charge in [0, 0.05) is 13.5 Å². The molecule has 15 heavy (non-hydrogen) atoms. The molecule has 0 radical (unpaired) electrons. The van der Waals surface area contributed by atoms with Gasteiger partial charge in [-0.2, -0.15) is 0 Å². The normalized spacial score (nSPS) is 20.7. The first kappa shape index (κ1) is 9.90. The Balaban J connectivity index is 2.21. The number of benzene rings is 1. The van der Waals surface area contributed by atoms with Gasteiger partial charge in [0.1, 0.15) is 0 Å². The quantitative estimate of drug-likeness (QED) is 0.694. The number of imide groups is 1. The van der Waals surface area contributed by atoms with Gasteiger partial charge < -0.3 is 0 Å². The van der Waals surface area contributed by atoms with Gasteiger partial charge >= 0.3 is 0 Å². The first-order valence-electron chi connectivity index (χ1n) is 5.07. The van der Waals surface area contributed by atoms with Crippen LogP contribution in [-0.4, -0.2) is 23.3 Å². The second-order valence-corrected chi connectivity index (χ2v) is 3.76. The van der Waals surface area contributed by atoms with E-state index >= 15 is 0 Å². The molecule has 0 saturated carbocycles. The first-order valence-corrected chi connectivity index (χ1v) is 5.07. The maximum absolute atomic E-state index is 11.9. The van der Waals surface area contributed by atoms with Gasteiger partial charge in [-0.25, -0.2) is 0 Å². The van der Waals surface area contributed by atoms with Crippen LogP contribution in [0.3, 0.4) is 0 Å². The first-order chi connectivity index (χ1) is 7.20. The van der Waals surface area contributed by atoms with Gasteiger partial charge in [-0.05, 0) is 12.0 Å². The van der Waals surface area contributed by atoms with E-state index in [2.05, 4.69) is 0 Å². The SMILES string of the molecule is CC(=O)N1CCC(c2ccccc2)C1=O. The van der Waals surface area contributed by atoms with Crippen molar-refractivity contribution in [2.24, 2.45) is 0 Å². The van der Waals surface area contributed by atoms with E-state index in [1.165, 1.54) is 11.8 Å². The van der Waals surface area contributed by atoms with Crippen LogP contribution in [0.4, 0.5) is 0 Å². The summed E-state index contributed by atoms with van der Waals surface area (Å²) in [6, 6.07) is 9.63. The zero-order valence-corrected chi connectivity index (χ0v) is 8.64. The minimum Gasteiger partial charge on any atom is -0.282 e. The van der Waals surface area contributed by atoms with E-state index < -0.39 is 0 Å². The highest BCUT2D eigenvalue weighted by molar-refractivity contribution is 5.99. The summed E-state index contributed by atoms with van der Waals surface area (Å²) in [7, 11) is 0. The molecule has 0 bridgehead atoms. The Labute approximate surface area is 88.7 Å². The summed E-state index contributed by atoms with van der Waals surface area (Å²) >= 11 is 0. The minimum atomic E-state index is -0.154. The molecule has 1 fully saturated rings. The molecule has 78 valence electrons. The van der Waals surface area contributed by atoms with Crippen molar-refractivity contribution in [2.75, 3.05) is 6.54 Å². The predicted molar refractivity (Wildman–Crippen MR) is 56.2 cm³/mol. The zero-order chi connectivity index (χ0) is 10.8. The van der Waals surface area contributed by atoms with Crippen molar-refractivity contribution in [1.82, 2.24) is 4.90 Å². The molecule has 1 aromatic rings. The summed E-state index contributed by atoms with van der Waals surface area (Å²) in [5.41, 5.74) is 1.01. The van der Waals surface area contributed by atoms with Crippen LogP contribution in [0, 0.1) is 0 Å². The maximum atomic E-state index is 11.9. The molecular formula is C12H13NO2. The van der Waals surface area contributed by atoms with Gasteiger partial charge in [0.2, 0.25) is 11.8 Å². The molecule has 2 rings (SSSR count). The Hall–Kier alpha value is -1.64. The smallest absolute Gasteiger partial charge is 0.236 e. The van der Waals surface area contributed by atoms with E-state index in [4.69, 9.17) is 0 Å². The Morgan fingerprint density at radius 1 is 1.33 bits per heavy atom. The van der Waals surface area contributed by atoms with E-state index in [9.17, 15) is 9.59 Å². The molecule has 0 aromatic heterocycles. The fourth-order valence-corrected chi connectivity index (χ4v) is 1.99. The molecule has 1 aliphatic heterocycles. The molecule has 0 spiro atoms. The number of hydrogen-bond acceptors (Lipinski definition) is 2. The molecule has 0 N–H and O–H groups in total. The lowest BCUT2D eigenvalue weighted by Gasteiger charge is -2.12. The lowest BCUT2D eigenvalue weighted by Crippen LogP contribution is -2.31. The molecule has 1 aromatic carbocycles. The third-order valence-corrected chi connectivity index (χ3v) is 2.79. The molecule has 1 heterocycles. The van der Waals surface area contributed by atoms with Crippen molar-refractivity contribution in [3.8, 4) is 0 Å². The summed E-state index contributed by atoms with van der Waals surface area (Å²) in [6.45, 7) is 1.99. The Kier molecular flexibility index (Phi) is 2.54.